The molecule has 0 aromatic heterocycles. The monoisotopic (exact) mass is 1440 g/mol. The van der Waals surface area contributed by atoms with Crippen LogP contribution in [0.15, 0.2) is 213 Å². The van der Waals surface area contributed by atoms with E-state index in [2.05, 4.69) is 280 Å². The van der Waals surface area contributed by atoms with Crippen molar-refractivity contribution in [1.82, 2.24) is 0 Å². The fourth-order valence-corrected chi connectivity index (χ4v) is 26.4. The van der Waals surface area contributed by atoms with Crippen molar-refractivity contribution >= 4 is 77.9 Å². The molecule has 1 heterocycles. The maximum absolute atomic E-state index is 7.21. The summed E-state index contributed by atoms with van der Waals surface area (Å²) in [5.41, 5.74) is 19.5. The number of nitrogens with zero attached hydrogens (tertiary/aromatic N) is 2. The van der Waals surface area contributed by atoms with E-state index in [0.717, 1.165) is 80.6 Å². The Morgan fingerprint density at radius 3 is 1.23 bits per heavy atom. The molecule has 1 aliphatic rings. The molecule has 1 fully saturated rings. The number of allylic oxidation sites excluding steroid dienone is 8. The first-order valence-corrected chi connectivity index (χ1v) is 46.7. The van der Waals surface area contributed by atoms with Crippen LogP contribution < -0.4 is 19.7 Å². The summed E-state index contributed by atoms with van der Waals surface area (Å²) < 4.78 is 21.9. The van der Waals surface area contributed by atoms with Crippen LogP contribution in [0.2, 0.25) is 44.8 Å². The molecule has 0 aliphatic carbocycles. The Labute approximate surface area is 587 Å². The van der Waals surface area contributed by atoms with Crippen LogP contribution in [0.1, 0.15) is 120 Å². The van der Waals surface area contributed by atoms with Crippen molar-refractivity contribution in [3.63, 3.8) is 0 Å². The van der Waals surface area contributed by atoms with Crippen molar-refractivity contribution in [3.8, 4) is 5.75 Å². The van der Waals surface area contributed by atoms with Crippen molar-refractivity contribution in [3.05, 3.63) is 292 Å². The van der Waals surface area contributed by atoms with Crippen molar-refractivity contribution < 1.29 is 26.5 Å². The van der Waals surface area contributed by atoms with Crippen LogP contribution in [0.4, 0.5) is 11.4 Å². The molecule has 1 atom stereocenters. The number of halogens is 2. The molecule has 0 amide bonds. The van der Waals surface area contributed by atoms with Crippen LogP contribution in [0.3, 0.4) is 0 Å². The molecule has 0 N–H and O–H groups in total. The largest absolute Gasteiger partial charge is 0.502 e. The van der Waals surface area contributed by atoms with Crippen LogP contribution in [0.5, 0.6) is 5.75 Å². The van der Waals surface area contributed by atoms with Crippen molar-refractivity contribution in [2.24, 2.45) is 0 Å². The summed E-state index contributed by atoms with van der Waals surface area (Å²) in [7, 11) is 4.84. The smallest absolute Gasteiger partial charge is 0.0146 e. The number of anilines is 2. The minimum Gasteiger partial charge on any atom is -0.502 e. The van der Waals surface area contributed by atoms with Gasteiger partial charge in [0.2, 0.25) is 0 Å². The van der Waals surface area contributed by atoms with Crippen LogP contribution in [-0.2, 0) is 47.4 Å². The summed E-state index contributed by atoms with van der Waals surface area (Å²) in [6.45, 7) is 40.8. The minimum atomic E-state index is -2.66. The predicted octanol–water partition coefficient (Wildman–Crippen LogP) is 23.2. The van der Waals surface area contributed by atoms with E-state index in [1.807, 2.05) is 54.9 Å². The SMILES string of the molecule is C.C.C=Cc1ccc(C/C=C\CCC/C=C\Cc2ccc(C/C=C\C[Si](C)(C)O[Si](C)(O[Si](C)(C)C/C=C\Cc3ccc(C=C)cc3)c3ccccc3)cc2)cc1.CC(C)Oc1ccccc1[CH]=[Ru]([Cl])[Cl].Cc1cc(C)c(N2[CH-]N(c3c(C)cc(C)cc3C)CC2)c(C)c1. The fourth-order valence-electron chi connectivity index (χ4n) is 11.7. The zero-order valence-electron chi connectivity index (χ0n) is 57.4. The number of ether oxygens (including phenoxy) is 1. The predicted molar refractivity (Wildman–Crippen MR) is 422 cm³/mol. The number of aryl methyl sites for hydroxylation is 6. The third-order valence-corrected chi connectivity index (χ3v) is 29.1. The molecule has 1 saturated heterocycles. The second kappa shape index (κ2) is 40.5. The van der Waals surface area contributed by atoms with Crippen molar-refractivity contribution in [2.45, 2.75) is 166 Å². The average Bonchev–Trinajstić information content (AvgIpc) is 1.36. The average molecular weight is 1440 g/mol. The molecule has 1 aliphatic heterocycles. The number of benzene rings is 7. The Balaban J connectivity index is 0.000000391. The van der Waals surface area contributed by atoms with Gasteiger partial charge < -0.3 is 18.0 Å². The Bertz CT molecular complexity index is 3480. The quantitative estimate of drug-likeness (QED) is 0.0211. The van der Waals surface area contributed by atoms with Gasteiger partial charge in [0.25, 0.3) is 0 Å². The molecule has 0 radical (unpaired) electrons. The second-order valence-electron chi connectivity index (χ2n) is 25.8. The van der Waals surface area contributed by atoms with Gasteiger partial charge in [-0.25, -0.2) is 0 Å². The Hall–Kier alpha value is -5.98. The third kappa shape index (κ3) is 27.6. The molecule has 1 unspecified atom stereocenters. The van der Waals surface area contributed by atoms with Crippen LogP contribution in [0, 0.1) is 48.2 Å². The van der Waals surface area contributed by atoms with Gasteiger partial charge in [0.1, 0.15) is 0 Å². The van der Waals surface area contributed by atoms with Gasteiger partial charge in [-0.3, -0.25) is 0 Å². The Morgan fingerprint density at radius 1 is 0.500 bits per heavy atom. The number of hydrogen-bond acceptors (Lipinski definition) is 5. The summed E-state index contributed by atoms with van der Waals surface area (Å²) in [6, 6.07) is 55.8. The molecule has 0 bridgehead atoms. The van der Waals surface area contributed by atoms with E-state index in [-0.39, 0.29) is 21.0 Å². The van der Waals surface area contributed by atoms with Gasteiger partial charge in [-0.2, -0.15) is 6.67 Å². The number of rotatable bonds is 28. The van der Waals surface area contributed by atoms with Gasteiger partial charge in [-0.1, -0.05) is 227 Å². The molecule has 7 aromatic rings. The first kappa shape index (κ1) is 80.5. The fraction of sp³-hybridized carbons (Fsp3) is 0.325. The minimum absolute atomic E-state index is 0. The molecule has 7 aromatic carbocycles. The molecule has 0 saturated carbocycles. The molecule has 0 spiro atoms. The summed E-state index contributed by atoms with van der Waals surface area (Å²) in [4.78, 5) is 4.81. The molecule has 8 rings (SSSR count). The standard InChI is InChI=1S/C50H64O2Si3.C21H27N2.C10H12O.2CH4.2ClH.Ru/c1-8-44-30-34-46(35-31-44)24-16-13-11-10-12-14-17-25-47-38-40-49(41-39-47)27-21-23-43-54(5,6)52-55(7,50-28-18-15-19-29-50)51-53(3,4)42-22-20-26-48-36-32-45(9-2)33-37-48;1-14-9-16(3)20(17(4)10-14)22-7-8-23(13-22)21-18(5)11-15(2)12-19(21)6;1-8(2)11-10-7-5-4-6-9(10)3;;;;;/h8-9,13-23,28-41H,1-2,10-12,24-27,42-43H2,3-7H3;9-13H,7-8H2,1-6H3;3-8H,1-2H3;2*1H4;2*1H;/q;-1;;;;;;+2/p-2/b16-13-,17-14-,22-20-,23-21-;;;;;;;. The van der Waals surface area contributed by atoms with E-state index in [1.165, 1.54) is 84.2 Å². The number of para-hydroxylation sites is 1. The van der Waals surface area contributed by atoms with Gasteiger partial charge in [-0.05, 0) is 192 Å². The number of unbranched alkanes of at least 4 members (excludes halogenated alkanes) is 2. The zero-order valence-corrected chi connectivity index (χ0v) is 63.6. The van der Waals surface area contributed by atoms with Gasteiger partial charge in [0, 0.05) is 24.5 Å². The van der Waals surface area contributed by atoms with E-state index < -0.39 is 38.7 Å². The van der Waals surface area contributed by atoms with E-state index in [9.17, 15) is 0 Å². The molecular weight excluding hydrogens is 1330 g/mol. The maximum Gasteiger partial charge on any atom is 0.0146 e. The Morgan fingerprint density at radius 2 is 0.862 bits per heavy atom. The van der Waals surface area contributed by atoms with E-state index >= 15 is 0 Å². The normalized spacial score (nSPS) is 13.3. The zero-order chi connectivity index (χ0) is 66.7. The Kier molecular flexibility index (Phi) is 34.7. The maximum atomic E-state index is 7.21. The molecule has 11 heteroatoms. The molecule has 94 heavy (non-hydrogen) atoms. The number of hydrogen-bond donors (Lipinski definition) is 0. The third-order valence-electron chi connectivity index (χ3n) is 15.9. The van der Waals surface area contributed by atoms with Crippen molar-refractivity contribution in [1.29, 1.82) is 0 Å². The molecule has 506 valence electrons. The summed E-state index contributed by atoms with van der Waals surface area (Å²) >= 11 is -1.77. The topological polar surface area (TPSA) is 34.2 Å². The summed E-state index contributed by atoms with van der Waals surface area (Å²) in [6.07, 6.45) is 29.7. The van der Waals surface area contributed by atoms with Gasteiger partial charge >= 0.3 is 106 Å². The van der Waals surface area contributed by atoms with Gasteiger partial charge in [0.05, 0.1) is 0 Å². The molecule has 5 nitrogen and oxygen atoms in total. The van der Waals surface area contributed by atoms with E-state index in [4.69, 9.17) is 32.3 Å². The van der Waals surface area contributed by atoms with Crippen LogP contribution >= 0.6 is 19.4 Å². The first-order valence-electron chi connectivity index (χ1n) is 32.6. The van der Waals surface area contributed by atoms with Crippen LogP contribution in [0.25, 0.3) is 12.2 Å². The van der Waals surface area contributed by atoms with Gasteiger partial charge in [0.15, 0.2) is 16.6 Å². The van der Waals surface area contributed by atoms with Crippen molar-refractivity contribution in [2.75, 3.05) is 22.9 Å². The van der Waals surface area contributed by atoms with E-state index in [0.29, 0.717) is 0 Å². The first-order chi connectivity index (χ1) is 43.9. The van der Waals surface area contributed by atoms with Gasteiger partial charge in [-0.15, -0.1) is 0 Å². The summed E-state index contributed by atoms with van der Waals surface area (Å²) in [5.74, 6) is 0.850. The van der Waals surface area contributed by atoms with Crippen LogP contribution in [-0.4, -0.2) is 49.0 Å². The summed E-state index contributed by atoms with van der Waals surface area (Å²) in [5, 5.41) is 1.22. The molecular formula is C83H111Cl2N2O3RuSi3-. The van der Waals surface area contributed by atoms with E-state index in [1.54, 1.807) is 0 Å². The second-order valence-corrected chi connectivity index (χ2v) is 43.5.